The van der Waals surface area contributed by atoms with Gasteiger partial charge in [-0.05, 0) is 41.7 Å². The molecule has 3 nitrogen and oxygen atoms in total. The lowest BCUT2D eigenvalue weighted by Gasteiger charge is -2.17. The maximum atomic E-state index is 11.7. The zero-order valence-corrected chi connectivity index (χ0v) is 13.0. The number of aromatic nitrogens is 1. The average molecular weight is 324 g/mol. The summed E-state index contributed by atoms with van der Waals surface area (Å²) in [5, 5.41) is 10.3. The Balaban J connectivity index is 1.99. The van der Waals surface area contributed by atoms with Crippen molar-refractivity contribution in [2.24, 2.45) is 0 Å². The van der Waals surface area contributed by atoms with Crippen LogP contribution >= 0.6 is 11.6 Å². The number of carboxylic acids is 1. The fraction of sp³-hybridized carbons (Fsp3) is 0.105. The molecule has 0 atom stereocenters. The summed E-state index contributed by atoms with van der Waals surface area (Å²) >= 11 is 5.96. The number of H-pyrrole nitrogens is 1. The van der Waals surface area contributed by atoms with Crippen LogP contribution in [0.3, 0.4) is 0 Å². The summed E-state index contributed by atoms with van der Waals surface area (Å²) in [6.07, 6.45) is 1.74. The third-order valence-corrected chi connectivity index (χ3v) is 4.63. The van der Waals surface area contributed by atoms with Gasteiger partial charge in [0.2, 0.25) is 0 Å². The Morgan fingerprint density at radius 1 is 1.04 bits per heavy atom. The van der Waals surface area contributed by atoms with E-state index in [-0.39, 0.29) is 5.69 Å². The summed E-state index contributed by atoms with van der Waals surface area (Å²) < 4.78 is 0. The molecule has 23 heavy (non-hydrogen) atoms. The first-order valence-corrected chi connectivity index (χ1v) is 7.85. The Bertz CT molecular complexity index is 910. The highest BCUT2D eigenvalue weighted by Crippen LogP contribution is 2.40. The fourth-order valence-electron chi connectivity index (χ4n) is 3.36. The summed E-state index contributed by atoms with van der Waals surface area (Å²) in [6, 6.07) is 15.5. The number of carboxylic acid groups (broad SMARTS) is 1. The lowest BCUT2D eigenvalue weighted by molar-refractivity contribution is 0.0692. The zero-order valence-electron chi connectivity index (χ0n) is 12.3. The number of nitrogens with one attached hydrogen (secondary N) is 1. The second-order valence-corrected chi connectivity index (χ2v) is 6.13. The molecule has 0 amide bonds. The van der Waals surface area contributed by atoms with Crippen molar-refractivity contribution in [3.63, 3.8) is 0 Å². The largest absolute Gasteiger partial charge is 0.477 e. The van der Waals surface area contributed by atoms with Crippen molar-refractivity contribution in [1.82, 2.24) is 4.98 Å². The van der Waals surface area contributed by atoms with Gasteiger partial charge in [-0.2, -0.15) is 0 Å². The lowest BCUT2D eigenvalue weighted by atomic mass is 9.87. The smallest absolute Gasteiger partial charge is 0.352 e. The van der Waals surface area contributed by atoms with E-state index < -0.39 is 5.97 Å². The van der Waals surface area contributed by atoms with Gasteiger partial charge in [-0.15, -0.1) is 0 Å². The quantitative estimate of drug-likeness (QED) is 0.711. The Kier molecular flexibility index (Phi) is 3.24. The van der Waals surface area contributed by atoms with Gasteiger partial charge in [0, 0.05) is 16.1 Å². The van der Waals surface area contributed by atoms with Crippen LogP contribution < -0.4 is 0 Å². The van der Waals surface area contributed by atoms with Crippen LogP contribution in [0.2, 0.25) is 5.02 Å². The minimum absolute atomic E-state index is 0.244. The van der Waals surface area contributed by atoms with Gasteiger partial charge in [0.25, 0.3) is 0 Å². The van der Waals surface area contributed by atoms with Crippen molar-refractivity contribution in [2.45, 2.75) is 12.8 Å². The van der Waals surface area contributed by atoms with E-state index >= 15 is 0 Å². The minimum atomic E-state index is -0.943. The molecule has 1 aliphatic rings. The van der Waals surface area contributed by atoms with Crippen LogP contribution in [0.25, 0.3) is 22.4 Å². The van der Waals surface area contributed by atoms with E-state index in [1.165, 1.54) is 5.56 Å². The Hall–Kier alpha value is -2.52. The standard InChI is InChI=1S/C19H14ClNO2/c20-13-8-5-12(6-9-13)16-15-10-7-11-3-1-2-4-14(11)17(15)21-18(16)19(22)23/h1-6,8-9,21H,7,10H2,(H,22,23). The van der Waals surface area contributed by atoms with E-state index in [0.29, 0.717) is 5.02 Å². The van der Waals surface area contributed by atoms with Crippen LogP contribution in [-0.4, -0.2) is 16.1 Å². The second-order valence-electron chi connectivity index (χ2n) is 5.70. The molecule has 4 heteroatoms. The van der Waals surface area contributed by atoms with Crippen LogP contribution in [0.4, 0.5) is 0 Å². The summed E-state index contributed by atoms with van der Waals surface area (Å²) in [5.74, 6) is -0.943. The molecule has 3 aromatic rings. The van der Waals surface area contributed by atoms with Crippen LogP contribution in [0, 0.1) is 0 Å². The summed E-state index contributed by atoms with van der Waals surface area (Å²) in [5.41, 5.74) is 6.24. The van der Waals surface area contributed by atoms with Crippen molar-refractivity contribution in [1.29, 1.82) is 0 Å². The number of rotatable bonds is 2. The molecule has 0 spiro atoms. The monoisotopic (exact) mass is 323 g/mol. The molecule has 0 saturated heterocycles. The van der Waals surface area contributed by atoms with Gasteiger partial charge in [0.15, 0.2) is 0 Å². The first kappa shape index (κ1) is 14.1. The number of hydrogen-bond donors (Lipinski definition) is 2. The first-order chi connectivity index (χ1) is 11.1. The van der Waals surface area contributed by atoms with Crippen molar-refractivity contribution < 1.29 is 9.90 Å². The van der Waals surface area contributed by atoms with Gasteiger partial charge in [0.05, 0.1) is 5.69 Å². The van der Waals surface area contributed by atoms with Crippen LogP contribution in [0.1, 0.15) is 21.6 Å². The third kappa shape index (κ3) is 2.25. The molecule has 1 aliphatic carbocycles. The van der Waals surface area contributed by atoms with Crippen LogP contribution in [0.5, 0.6) is 0 Å². The maximum absolute atomic E-state index is 11.7. The highest BCUT2D eigenvalue weighted by Gasteiger charge is 2.27. The molecule has 0 radical (unpaired) electrons. The van der Waals surface area contributed by atoms with Gasteiger partial charge < -0.3 is 10.1 Å². The number of aromatic carboxylic acids is 1. The van der Waals surface area contributed by atoms with E-state index in [9.17, 15) is 9.90 Å². The Morgan fingerprint density at radius 2 is 1.78 bits per heavy atom. The van der Waals surface area contributed by atoms with Crippen LogP contribution in [-0.2, 0) is 12.8 Å². The molecule has 0 saturated carbocycles. The third-order valence-electron chi connectivity index (χ3n) is 4.38. The molecule has 2 N–H and O–H groups in total. The van der Waals surface area contributed by atoms with E-state index in [1.807, 2.05) is 30.3 Å². The molecule has 0 fully saturated rings. The average Bonchev–Trinajstić information content (AvgIpc) is 2.96. The highest BCUT2D eigenvalue weighted by molar-refractivity contribution is 6.30. The SMILES string of the molecule is O=C(O)c1[nH]c2c(c1-c1ccc(Cl)cc1)CCc1ccccc1-2. The highest BCUT2D eigenvalue weighted by atomic mass is 35.5. The van der Waals surface area contributed by atoms with Crippen molar-refractivity contribution >= 4 is 17.6 Å². The zero-order chi connectivity index (χ0) is 16.0. The predicted molar refractivity (Wildman–Crippen MR) is 91.0 cm³/mol. The van der Waals surface area contributed by atoms with Crippen molar-refractivity contribution in [3.8, 4) is 22.4 Å². The predicted octanol–water partition coefficient (Wildman–Crippen LogP) is 4.80. The molecular weight excluding hydrogens is 310 g/mol. The van der Waals surface area contributed by atoms with Crippen molar-refractivity contribution in [3.05, 3.63) is 70.4 Å². The number of fused-ring (bicyclic) bond motifs is 3. The molecule has 0 aliphatic heterocycles. The summed E-state index contributed by atoms with van der Waals surface area (Å²) in [4.78, 5) is 14.9. The summed E-state index contributed by atoms with van der Waals surface area (Å²) in [7, 11) is 0. The number of benzene rings is 2. The van der Waals surface area contributed by atoms with E-state index in [4.69, 9.17) is 11.6 Å². The van der Waals surface area contributed by atoms with Gasteiger partial charge >= 0.3 is 5.97 Å². The van der Waals surface area contributed by atoms with E-state index in [0.717, 1.165) is 40.8 Å². The molecule has 1 heterocycles. The lowest BCUT2D eigenvalue weighted by Crippen LogP contribution is -2.03. The fourth-order valence-corrected chi connectivity index (χ4v) is 3.48. The van der Waals surface area contributed by atoms with Gasteiger partial charge in [-0.25, -0.2) is 4.79 Å². The Labute approximate surface area is 138 Å². The van der Waals surface area contributed by atoms with Crippen molar-refractivity contribution in [2.75, 3.05) is 0 Å². The van der Waals surface area contributed by atoms with Gasteiger partial charge in [0.1, 0.15) is 5.69 Å². The van der Waals surface area contributed by atoms with Gasteiger partial charge in [-0.1, -0.05) is 48.0 Å². The molecule has 4 rings (SSSR count). The maximum Gasteiger partial charge on any atom is 0.352 e. The topological polar surface area (TPSA) is 53.1 Å². The molecule has 2 aromatic carbocycles. The number of carbonyl (C=O) groups is 1. The summed E-state index contributed by atoms with van der Waals surface area (Å²) in [6.45, 7) is 0. The number of halogens is 1. The Morgan fingerprint density at radius 3 is 2.52 bits per heavy atom. The number of aryl methyl sites for hydroxylation is 1. The number of aromatic amines is 1. The van der Waals surface area contributed by atoms with Crippen LogP contribution in [0.15, 0.2) is 48.5 Å². The minimum Gasteiger partial charge on any atom is -0.477 e. The molecule has 1 aromatic heterocycles. The second kappa shape index (κ2) is 5.28. The number of hydrogen-bond acceptors (Lipinski definition) is 1. The molecule has 114 valence electrons. The van der Waals surface area contributed by atoms with E-state index in [2.05, 4.69) is 11.1 Å². The normalized spacial score (nSPS) is 12.6. The van der Waals surface area contributed by atoms with E-state index in [1.54, 1.807) is 12.1 Å². The molecular formula is C19H14ClNO2. The van der Waals surface area contributed by atoms with Gasteiger partial charge in [-0.3, -0.25) is 0 Å². The molecule has 0 bridgehead atoms. The molecule has 0 unspecified atom stereocenters. The first-order valence-electron chi connectivity index (χ1n) is 7.47.